The number of likely N-dealkylation sites (tertiary alicyclic amines) is 1. The van der Waals surface area contributed by atoms with Gasteiger partial charge in [-0.1, -0.05) is 47.4 Å². The minimum absolute atomic E-state index is 0.00263. The molecule has 1 fully saturated rings. The maximum absolute atomic E-state index is 14.2. The number of hydrogen-bond acceptors (Lipinski definition) is 15. The predicted molar refractivity (Wildman–Crippen MR) is 182 cm³/mol. The summed E-state index contributed by atoms with van der Waals surface area (Å²) in [5.74, 6) is -3.88. The fraction of sp³-hybridized carbons (Fsp3) is 0.406. The zero-order valence-electron chi connectivity index (χ0n) is 27.9. The molecule has 4 aliphatic heterocycles. The van der Waals surface area contributed by atoms with Gasteiger partial charge in [0, 0.05) is 48.7 Å². The number of carbonyl (C=O) groups excluding carboxylic acids is 7. The van der Waals surface area contributed by atoms with Gasteiger partial charge in [-0.05, 0) is 19.9 Å². The predicted octanol–water partition coefficient (Wildman–Crippen LogP) is 3.05. The number of methoxy groups -OCH3 is 5. The lowest BCUT2D eigenvalue weighted by atomic mass is 9.83. The molecule has 0 bridgehead atoms. The molecule has 0 radical (unpaired) electrons. The molecular weight excluding hydrogens is 701 g/mol. The number of aldehydes is 1. The molecule has 0 aromatic heterocycles. The summed E-state index contributed by atoms with van der Waals surface area (Å²) in [5, 5.41) is 0. The first-order chi connectivity index (χ1) is 23.2. The van der Waals surface area contributed by atoms with E-state index < -0.39 is 51.8 Å². The van der Waals surface area contributed by atoms with Gasteiger partial charge in [-0.25, -0.2) is 14.4 Å². The Morgan fingerprint density at radius 2 is 1.35 bits per heavy atom. The highest BCUT2D eigenvalue weighted by molar-refractivity contribution is 8.26. The highest BCUT2D eigenvalue weighted by Gasteiger charge is 2.60. The van der Waals surface area contributed by atoms with Crippen molar-refractivity contribution in [3.8, 4) is 5.75 Å². The third-order valence-electron chi connectivity index (χ3n) is 7.81. The molecule has 5 rings (SSSR count). The Morgan fingerprint density at radius 1 is 0.837 bits per heavy atom. The average molecular weight is 735 g/mol. The van der Waals surface area contributed by atoms with Crippen LogP contribution < -0.4 is 9.64 Å². The van der Waals surface area contributed by atoms with Gasteiger partial charge in [0.05, 0.1) is 39.7 Å². The molecule has 1 aromatic carbocycles. The van der Waals surface area contributed by atoms with E-state index in [4.69, 9.17) is 18.9 Å². The maximum Gasteiger partial charge on any atom is 0.345 e. The first kappa shape index (κ1) is 37.8. The molecule has 0 unspecified atom stereocenters. The first-order valence-electron chi connectivity index (χ1n) is 14.5. The van der Waals surface area contributed by atoms with Crippen molar-refractivity contribution in [1.82, 2.24) is 4.90 Å². The number of ether oxygens (including phenoxy) is 5. The lowest BCUT2D eigenvalue weighted by Crippen LogP contribution is -2.56. The Morgan fingerprint density at radius 3 is 1.82 bits per heavy atom. The normalized spacial score (nSPS) is 18.9. The van der Waals surface area contributed by atoms with E-state index in [-0.39, 0.29) is 44.6 Å². The van der Waals surface area contributed by atoms with Crippen molar-refractivity contribution in [2.24, 2.45) is 0 Å². The van der Waals surface area contributed by atoms with Gasteiger partial charge < -0.3 is 23.7 Å². The average Bonchev–Trinajstić information content (AvgIpc) is 3.63. The minimum atomic E-state index is -1.65. The van der Waals surface area contributed by atoms with Gasteiger partial charge >= 0.3 is 17.9 Å². The number of imide groups is 1. The van der Waals surface area contributed by atoms with E-state index in [9.17, 15) is 33.6 Å². The lowest BCUT2D eigenvalue weighted by molar-refractivity contribution is -0.142. The third-order valence-corrected chi connectivity index (χ3v) is 12.5. The van der Waals surface area contributed by atoms with Gasteiger partial charge in [0.2, 0.25) is 17.7 Å². The molecular formula is C32H34N2O12S3. The quantitative estimate of drug-likeness (QED) is 0.173. The highest BCUT2D eigenvalue weighted by Crippen LogP contribution is 2.71. The number of amides is 3. The Labute approximate surface area is 294 Å². The largest absolute Gasteiger partial charge is 0.495 e. The third kappa shape index (κ3) is 6.28. The molecule has 1 spiro atoms. The van der Waals surface area contributed by atoms with Crippen LogP contribution >= 0.6 is 35.3 Å². The molecule has 0 saturated carbocycles. The molecule has 1 aromatic rings. The molecule has 0 atom stereocenters. The zero-order valence-corrected chi connectivity index (χ0v) is 30.4. The Kier molecular flexibility index (Phi) is 11.4. The first-order valence-corrected chi connectivity index (χ1v) is 16.9. The van der Waals surface area contributed by atoms with Gasteiger partial charge in [0.1, 0.15) is 37.4 Å². The number of carbonyl (C=O) groups is 7. The van der Waals surface area contributed by atoms with Crippen molar-refractivity contribution in [3.05, 3.63) is 49.0 Å². The van der Waals surface area contributed by atoms with Gasteiger partial charge in [0.15, 0.2) is 0 Å². The van der Waals surface area contributed by atoms with Crippen LogP contribution in [0.1, 0.15) is 32.3 Å². The monoisotopic (exact) mass is 734 g/mol. The second kappa shape index (κ2) is 14.8. The van der Waals surface area contributed by atoms with Crippen LogP contribution in [0, 0.1) is 0 Å². The van der Waals surface area contributed by atoms with Crippen molar-refractivity contribution >= 4 is 88.5 Å². The summed E-state index contributed by atoms with van der Waals surface area (Å²) in [6.45, 7) is 2.86. The van der Waals surface area contributed by atoms with E-state index in [2.05, 4.69) is 4.74 Å². The SMILES string of the molecule is COC.COC(=O)C1=C(C(=O)OC)SC2(S1)C(C=O)=C(C(=O)OC)SC1=C2c2cccc(OC)c2N(C(=O)CN2C(=O)CCC2=O)C1(C)C. The molecule has 4 heterocycles. The topological polar surface area (TPSA) is 172 Å². The van der Waals surface area contributed by atoms with E-state index in [1.54, 1.807) is 46.3 Å². The van der Waals surface area contributed by atoms with E-state index >= 15 is 0 Å². The molecule has 0 aliphatic carbocycles. The number of rotatable bonds is 7. The molecule has 17 heteroatoms. The van der Waals surface area contributed by atoms with Crippen LogP contribution in [0.25, 0.3) is 5.57 Å². The lowest BCUT2D eigenvalue weighted by Gasteiger charge is -2.51. The molecule has 3 amide bonds. The number of thioether (sulfide) groups is 3. The zero-order chi connectivity index (χ0) is 36.4. The highest BCUT2D eigenvalue weighted by atomic mass is 32.2. The van der Waals surface area contributed by atoms with E-state index in [0.717, 1.165) is 61.5 Å². The molecule has 49 heavy (non-hydrogen) atoms. The number of hydrogen-bond donors (Lipinski definition) is 0. The van der Waals surface area contributed by atoms with Gasteiger partial charge in [-0.2, -0.15) is 0 Å². The minimum Gasteiger partial charge on any atom is -0.495 e. The van der Waals surface area contributed by atoms with Crippen molar-refractivity contribution in [2.75, 3.05) is 54.1 Å². The number of anilines is 1. The van der Waals surface area contributed by atoms with Crippen LogP contribution in [-0.4, -0.2) is 106 Å². The summed E-state index contributed by atoms with van der Waals surface area (Å²) >= 11 is 2.59. The number of esters is 3. The number of nitrogens with zero attached hydrogens (tertiary/aromatic N) is 2. The summed E-state index contributed by atoms with van der Waals surface area (Å²) in [7, 11) is 8.09. The number of para-hydroxylation sites is 1. The number of benzene rings is 1. The fourth-order valence-corrected chi connectivity index (χ4v) is 10.7. The smallest absolute Gasteiger partial charge is 0.345 e. The van der Waals surface area contributed by atoms with Crippen LogP contribution in [0.15, 0.2) is 43.4 Å². The second-order valence-corrected chi connectivity index (χ2v) is 14.8. The van der Waals surface area contributed by atoms with Gasteiger partial charge in [-0.3, -0.25) is 29.0 Å². The van der Waals surface area contributed by atoms with Gasteiger partial charge in [0.25, 0.3) is 0 Å². The van der Waals surface area contributed by atoms with Crippen LogP contribution in [0.2, 0.25) is 0 Å². The number of fused-ring (bicyclic) bond motifs is 3. The van der Waals surface area contributed by atoms with Gasteiger partial charge in [-0.15, -0.1) is 0 Å². The Hall–Kier alpha value is -4.06. The standard InChI is InChI=1S/C30H28N2O11S3.C2H6O/c1-29(2)25-20(14-8-7-9-16(40-3)21(14)32(29)19(36)12-31-17(34)10-11-18(31)35)30(15(13-33)22(44-25)26(37)41-4)45-23(27(38)42-5)24(46-30)28(39)43-6;1-3-2/h7-9,13H,10-12H2,1-6H3;1-2H3. The van der Waals surface area contributed by atoms with Crippen molar-refractivity contribution in [2.45, 2.75) is 36.3 Å². The summed E-state index contributed by atoms with van der Waals surface area (Å²) < 4.78 is 23.3. The van der Waals surface area contributed by atoms with Crippen molar-refractivity contribution < 1.29 is 57.2 Å². The van der Waals surface area contributed by atoms with Crippen molar-refractivity contribution in [3.63, 3.8) is 0 Å². The molecule has 1 saturated heterocycles. The maximum atomic E-state index is 14.2. The molecule has 262 valence electrons. The second-order valence-electron chi connectivity index (χ2n) is 11.0. The summed E-state index contributed by atoms with van der Waals surface area (Å²) in [5.41, 5.74) is -0.356. The molecule has 0 N–H and O–H groups in total. The molecule has 4 aliphatic rings. The Balaban J connectivity index is 0.00000174. The summed E-state index contributed by atoms with van der Waals surface area (Å²) in [6, 6.07) is 4.96. The summed E-state index contributed by atoms with van der Waals surface area (Å²) in [6.07, 6.45) is 0.474. The van der Waals surface area contributed by atoms with Crippen LogP contribution in [0.3, 0.4) is 0 Å². The summed E-state index contributed by atoms with van der Waals surface area (Å²) in [4.78, 5) is 93.9. The van der Waals surface area contributed by atoms with E-state index in [1.165, 1.54) is 12.0 Å². The fourth-order valence-electron chi connectivity index (χ4n) is 5.76. The van der Waals surface area contributed by atoms with Crippen LogP contribution in [0.4, 0.5) is 5.69 Å². The molecule has 14 nitrogen and oxygen atoms in total. The van der Waals surface area contributed by atoms with E-state index in [0.29, 0.717) is 22.3 Å². The van der Waals surface area contributed by atoms with Crippen molar-refractivity contribution in [1.29, 1.82) is 0 Å². The van der Waals surface area contributed by atoms with Crippen LogP contribution in [-0.2, 0) is 52.5 Å². The Bertz CT molecular complexity index is 1700. The van der Waals surface area contributed by atoms with Crippen LogP contribution in [0.5, 0.6) is 5.75 Å². The van der Waals surface area contributed by atoms with E-state index in [1.807, 2.05) is 0 Å².